The van der Waals surface area contributed by atoms with Crippen molar-refractivity contribution >= 4 is 23.2 Å². The van der Waals surface area contributed by atoms with Crippen molar-refractivity contribution in [2.75, 3.05) is 23.9 Å². The predicted molar refractivity (Wildman–Crippen MR) is 92.7 cm³/mol. The molecule has 1 N–H and O–H groups in total. The first-order valence-corrected chi connectivity index (χ1v) is 8.24. The fraction of sp³-hybridized carbons (Fsp3) is 0.389. The van der Waals surface area contributed by atoms with Gasteiger partial charge in [-0.05, 0) is 19.1 Å². The third kappa shape index (κ3) is 3.22. The third-order valence-electron chi connectivity index (χ3n) is 4.37. The van der Waals surface area contributed by atoms with Crippen LogP contribution < -0.4 is 15.0 Å². The molecule has 0 bridgehead atoms. The Morgan fingerprint density at radius 2 is 2.20 bits per heavy atom. The number of hydrogen-bond donors (Lipinski definition) is 1. The number of para-hydroxylation sites is 2. The summed E-state index contributed by atoms with van der Waals surface area (Å²) >= 11 is 0. The van der Waals surface area contributed by atoms with Crippen molar-refractivity contribution in [2.24, 2.45) is 5.92 Å². The number of rotatable bonds is 5. The van der Waals surface area contributed by atoms with Gasteiger partial charge in [0.25, 0.3) is 0 Å². The number of benzene rings is 1. The van der Waals surface area contributed by atoms with E-state index >= 15 is 0 Å². The number of carbonyl (C=O) groups excluding carboxylic acids is 2. The highest BCUT2D eigenvalue weighted by molar-refractivity contribution is 6.04. The lowest BCUT2D eigenvalue weighted by molar-refractivity contribution is -0.122. The van der Waals surface area contributed by atoms with Crippen molar-refractivity contribution in [3.8, 4) is 5.75 Å². The Morgan fingerprint density at radius 1 is 1.44 bits per heavy atom. The van der Waals surface area contributed by atoms with Gasteiger partial charge in [-0.2, -0.15) is 0 Å². The predicted octanol–water partition coefficient (Wildman–Crippen LogP) is 2.55. The lowest BCUT2D eigenvalue weighted by Gasteiger charge is -2.19. The zero-order chi connectivity index (χ0) is 18.0. The molecule has 0 saturated carbocycles. The van der Waals surface area contributed by atoms with Crippen LogP contribution in [-0.2, 0) is 16.0 Å². The van der Waals surface area contributed by atoms with E-state index in [1.165, 1.54) is 0 Å². The number of aryl methyl sites for hydroxylation is 2. The maximum Gasteiger partial charge on any atom is 0.229 e. The molecule has 1 aliphatic rings. The first-order chi connectivity index (χ1) is 12.0. The maximum atomic E-state index is 12.6. The first kappa shape index (κ1) is 17.0. The largest absolute Gasteiger partial charge is 0.495 e. The van der Waals surface area contributed by atoms with Gasteiger partial charge in [-0.25, -0.2) is 0 Å². The van der Waals surface area contributed by atoms with Crippen LogP contribution in [0.3, 0.4) is 0 Å². The molecule has 0 spiro atoms. The molecule has 1 aromatic carbocycles. The van der Waals surface area contributed by atoms with Gasteiger partial charge in [-0.15, -0.1) is 0 Å². The highest BCUT2D eigenvalue weighted by Crippen LogP contribution is 2.33. The second kappa shape index (κ2) is 6.96. The second-order valence-electron chi connectivity index (χ2n) is 5.99. The minimum atomic E-state index is -0.434. The molecule has 7 nitrogen and oxygen atoms in total. The summed E-state index contributed by atoms with van der Waals surface area (Å²) in [5, 5.41) is 6.75. The average molecular weight is 343 g/mol. The van der Waals surface area contributed by atoms with Crippen LogP contribution in [0.4, 0.5) is 11.4 Å². The fourth-order valence-electron chi connectivity index (χ4n) is 3.01. The van der Waals surface area contributed by atoms with Gasteiger partial charge in [0.2, 0.25) is 11.8 Å². The fourth-order valence-corrected chi connectivity index (χ4v) is 3.01. The van der Waals surface area contributed by atoms with Crippen LogP contribution in [0.25, 0.3) is 0 Å². The number of nitrogens with zero attached hydrogens (tertiary/aromatic N) is 2. The molecule has 1 fully saturated rings. The Bertz CT molecular complexity index is 799. The van der Waals surface area contributed by atoms with Crippen LogP contribution in [-0.4, -0.2) is 30.6 Å². The van der Waals surface area contributed by atoms with Crippen molar-refractivity contribution in [1.29, 1.82) is 0 Å². The standard InChI is InChI=1S/C18H21N3O4/c1-4-14-17(11(2)20-25-14)19-18(23)12-9-16(22)21(10-12)13-7-5-6-8-15(13)24-3/h5-8,12H,4,9-10H2,1-3H3,(H,19,23). The van der Waals surface area contributed by atoms with Gasteiger partial charge in [-0.3, -0.25) is 9.59 Å². The summed E-state index contributed by atoms with van der Waals surface area (Å²) in [6.45, 7) is 4.02. The van der Waals surface area contributed by atoms with Crippen LogP contribution in [0.5, 0.6) is 5.75 Å². The van der Waals surface area contributed by atoms with Gasteiger partial charge in [0.1, 0.15) is 17.1 Å². The molecule has 1 saturated heterocycles. The van der Waals surface area contributed by atoms with E-state index in [9.17, 15) is 9.59 Å². The summed E-state index contributed by atoms with van der Waals surface area (Å²) in [5.74, 6) is 0.516. The number of nitrogens with one attached hydrogen (secondary N) is 1. The number of carbonyl (C=O) groups is 2. The van der Waals surface area contributed by atoms with Crippen molar-refractivity contribution < 1.29 is 18.8 Å². The summed E-state index contributed by atoms with van der Waals surface area (Å²) in [6.07, 6.45) is 0.795. The number of ether oxygens (including phenoxy) is 1. The van der Waals surface area contributed by atoms with Crippen LogP contribution in [0.15, 0.2) is 28.8 Å². The summed E-state index contributed by atoms with van der Waals surface area (Å²) in [5.41, 5.74) is 1.92. The van der Waals surface area contributed by atoms with Crippen LogP contribution in [0, 0.1) is 12.8 Å². The van der Waals surface area contributed by atoms with E-state index in [1.54, 1.807) is 25.0 Å². The molecular formula is C18H21N3O4. The maximum absolute atomic E-state index is 12.6. The zero-order valence-electron chi connectivity index (χ0n) is 14.5. The molecular weight excluding hydrogens is 322 g/mol. The van der Waals surface area contributed by atoms with E-state index < -0.39 is 5.92 Å². The minimum absolute atomic E-state index is 0.0950. The highest BCUT2D eigenvalue weighted by atomic mass is 16.5. The van der Waals surface area contributed by atoms with Gasteiger partial charge < -0.3 is 19.5 Å². The van der Waals surface area contributed by atoms with Gasteiger partial charge >= 0.3 is 0 Å². The SMILES string of the molecule is CCc1onc(C)c1NC(=O)C1CC(=O)N(c2ccccc2OC)C1. The quantitative estimate of drug-likeness (QED) is 0.902. The molecule has 1 atom stereocenters. The van der Waals surface area contributed by atoms with Crippen molar-refractivity contribution in [3.63, 3.8) is 0 Å². The van der Waals surface area contributed by atoms with Crippen LogP contribution in [0.2, 0.25) is 0 Å². The van der Waals surface area contributed by atoms with Gasteiger partial charge in [0.15, 0.2) is 5.76 Å². The number of amides is 2. The Kier molecular flexibility index (Phi) is 4.74. The Balaban J connectivity index is 1.76. The van der Waals surface area contributed by atoms with E-state index in [-0.39, 0.29) is 18.2 Å². The molecule has 1 aromatic heterocycles. The van der Waals surface area contributed by atoms with E-state index in [2.05, 4.69) is 10.5 Å². The first-order valence-electron chi connectivity index (χ1n) is 8.24. The molecule has 7 heteroatoms. The number of anilines is 2. The molecule has 25 heavy (non-hydrogen) atoms. The monoisotopic (exact) mass is 343 g/mol. The average Bonchev–Trinajstić information content (AvgIpc) is 3.18. The van der Waals surface area contributed by atoms with E-state index in [0.717, 1.165) is 0 Å². The topological polar surface area (TPSA) is 84.7 Å². The normalized spacial score (nSPS) is 17.0. The van der Waals surface area contributed by atoms with E-state index in [1.807, 2.05) is 25.1 Å². The Hall–Kier alpha value is -2.83. The van der Waals surface area contributed by atoms with Crippen molar-refractivity contribution in [1.82, 2.24) is 5.16 Å². The number of aromatic nitrogens is 1. The lowest BCUT2D eigenvalue weighted by atomic mass is 10.1. The van der Waals surface area contributed by atoms with Crippen molar-refractivity contribution in [2.45, 2.75) is 26.7 Å². The summed E-state index contributed by atoms with van der Waals surface area (Å²) in [4.78, 5) is 26.6. The van der Waals surface area contributed by atoms with Crippen LogP contribution in [0.1, 0.15) is 24.8 Å². The van der Waals surface area contributed by atoms with E-state index in [4.69, 9.17) is 9.26 Å². The molecule has 2 aromatic rings. The van der Waals surface area contributed by atoms with E-state index in [0.29, 0.717) is 41.5 Å². The smallest absolute Gasteiger partial charge is 0.229 e. The molecule has 132 valence electrons. The molecule has 2 heterocycles. The molecule has 1 unspecified atom stereocenters. The van der Waals surface area contributed by atoms with Crippen LogP contribution >= 0.6 is 0 Å². The molecule has 0 radical (unpaired) electrons. The molecule has 1 aliphatic heterocycles. The highest BCUT2D eigenvalue weighted by Gasteiger charge is 2.36. The molecule has 2 amide bonds. The minimum Gasteiger partial charge on any atom is -0.495 e. The molecule has 3 rings (SSSR count). The zero-order valence-corrected chi connectivity index (χ0v) is 14.5. The summed E-state index contributed by atoms with van der Waals surface area (Å²) < 4.78 is 10.5. The lowest BCUT2D eigenvalue weighted by Crippen LogP contribution is -2.28. The number of methoxy groups -OCH3 is 1. The summed E-state index contributed by atoms with van der Waals surface area (Å²) in [7, 11) is 1.56. The van der Waals surface area contributed by atoms with Gasteiger partial charge in [-0.1, -0.05) is 24.2 Å². The Morgan fingerprint density at radius 3 is 2.92 bits per heavy atom. The van der Waals surface area contributed by atoms with Gasteiger partial charge in [0, 0.05) is 19.4 Å². The second-order valence-corrected chi connectivity index (χ2v) is 5.99. The van der Waals surface area contributed by atoms with Crippen molar-refractivity contribution in [3.05, 3.63) is 35.7 Å². The third-order valence-corrected chi connectivity index (χ3v) is 4.37. The number of hydrogen-bond acceptors (Lipinski definition) is 5. The molecule has 0 aliphatic carbocycles. The van der Waals surface area contributed by atoms with Gasteiger partial charge in [0.05, 0.1) is 18.7 Å². The Labute approximate surface area is 145 Å². The summed E-state index contributed by atoms with van der Waals surface area (Å²) in [6, 6.07) is 7.29.